The van der Waals surface area contributed by atoms with E-state index in [9.17, 15) is 8.78 Å². The molecule has 0 spiro atoms. The Morgan fingerprint density at radius 3 is 2.06 bits per heavy atom. The first-order chi connectivity index (χ1) is 7.66. The zero-order valence-corrected chi connectivity index (χ0v) is 8.40. The van der Waals surface area contributed by atoms with Gasteiger partial charge in [-0.3, -0.25) is 4.98 Å². The molecule has 2 nitrogen and oxygen atoms in total. The van der Waals surface area contributed by atoms with E-state index in [1.165, 1.54) is 12.1 Å². The SMILES string of the molecule is NC(c1ccncc1)c1cc(F)cc(F)c1. The molecule has 2 rings (SSSR count). The fraction of sp³-hybridized carbons (Fsp3) is 0.0833. The fourth-order valence-corrected chi connectivity index (χ4v) is 1.52. The molecule has 0 saturated heterocycles. The first kappa shape index (κ1) is 10.7. The average Bonchev–Trinajstić information content (AvgIpc) is 2.28. The molecule has 2 N–H and O–H groups in total. The standard InChI is InChI=1S/C12H10F2N2/c13-10-5-9(6-11(14)7-10)12(15)8-1-3-16-4-2-8/h1-7,12H,15H2. The van der Waals surface area contributed by atoms with Crippen LogP contribution in [0.25, 0.3) is 0 Å². The maximum Gasteiger partial charge on any atom is 0.126 e. The zero-order valence-electron chi connectivity index (χ0n) is 8.40. The molecule has 0 fully saturated rings. The highest BCUT2D eigenvalue weighted by molar-refractivity contribution is 5.30. The van der Waals surface area contributed by atoms with E-state index in [0.717, 1.165) is 11.6 Å². The molecule has 0 saturated carbocycles. The summed E-state index contributed by atoms with van der Waals surface area (Å²) in [6.45, 7) is 0. The summed E-state index contributed by atoms with van der Waals surface area (Å²) in [7, 11) is 0. The van der Waals surface area contributed by atoms with Gasteiger partial charge in [0.25, 0.3) is 0 Å². The third kappa shape index (κ3) is 2.23. The van der Waals surface area contributed by atoms with Crippen LogP contribution in [0.3, 0.4) is 0 Å². The molecular weight excluding hydrogens is 210 g/mol. The van der Waals surface area contributed by atoms with Gasteiger partial charge >= 0.3 is 0 Å². The molecule has 1 unspecified atom stereocenters. The minimum absolute atomic E-state index is 0.406. The molecule has 0 aliphatic heterocycles. The highest BCUT2D eigenvalue weighted by Gasteiger charge is 2.10. The Kier molecular flexibility index (Phi) is 2.92. The predicted molar refractivity (Wildman–Crippen MR) is 56.6 cm³/mol. The Morgan fingerprint density at radius 1 is 0.938 bits per heavy atom. The molecule has 4 heteroatoms. The molecule has 1 aromatic carbocycles. The van der Waals surface area contributed by atoms with Gasteiger partial charge in [-0.05, 0) is 35.4 Å². The van der Waals surface area contributed by atoms with Crippen molar-refractivity contribution < 1.29 is 8.78 Å². The predicted octanol–water partition coefficient (Wildman–Crippen LogP) is 2.41. The van der Waals surface area contributed by atoms with Gasteiger partial charge in [-0.15, -0.1) is 0 Å². The molecule has 0 radical (unpaired) electrons. The Labute approximate surface area is 91.7 Å². The second-order valence-corrected chi connectivity index (χ2v) is 3.46. The van der Waals surface area contributed by atoms with Crippen molar-refractivity contribution in [1.29, 1.82) is 0 Å². The Bertz CT molecular complexity index is 465. The van der Waals surface area contributed by atoms with Gasteiger partial charge in [0.05, 0.1) is 6.04 Å². The molecule has 0 bridgehead atoms. The van der Waals surface area contributed by atoms with Crippen molar-refractivity contribution in [2.75, 3.05) is 0 Å². The lowest BCUT2D eigenvalue weighted by Crippen LogP contribution is -2.12. The molecule has 0 amide bonds. The average molecular weight is 220 g/mol. The number of pyridine rings is 1. The maximum atomic E-state index is 13.0. The molecule has 16 heavy (non-hydrogen) atoms. The van der Waals surface area contributed by atoms with Crippen molar-refractivity contribution in [3.63, 3.8) is 0 Å². The monoisotopic (exact) mass is 220 g/mol. The van der Waals surface area contributed by atoms with E-state index in [2.05, 4.69) is 4.98 Å². The number of nitrogens with two attached hydrogens (primary N) is 1. The molecule has 1 aromatic heterocycles. The van der Waals surface area contributed by atoms with Crippen molar-refractivity contribution in [3.8, 4) is 0 Å². The lowest BCUT2D eigenvalue weighted by molar-refractivity contribution is 0.577. The molecule has 0 aliphatic rings. The van der Waals surface area contributed by atoms with E-state index in [-0.39, 0.29) is 0 Å². The summed E-state index contributed by atoms with van der Waals surface area (Å²) < 4.78 is 26.0. The van der Waals surface area contributed by atoms with Crippen molar-refractivity contribution in [2.45, 2.75) is 6.04 Å². The molecule has 1 atom stereocenters. The van der Waals surface area contributed by atoms with Crippen molar-refractivity contribution in [3.05, 3.63) is 65.5 Å². The second-order valence-electron chi connectivity index (χ2n) is 3.46. The minimum atomic E-state index is -0.625. The van der Waals surface area contributed by atoms with Gasteiger partial charge < -0.3 is 5.73 Å². The summed E-state index contributed by atoms with van der Waals surface area (Å²) in [5, 5.41) is 0. The number of hydrogen-bond acceptors (Lipinski definition) is 2. The van der Waals surface area contributed by atoms with Crippen LogP contribution in [0.4, 0.5) is 8.78 Å². The summed E-state index contributed by atoms with van der Waals surface area (Å²) >= 11 is 0. The van der Waals surface area contributed by atoms with Crippen LogP contribution in [-0.2, 0) is 0 Å². The van der Waals surface area contributed by atoms with Crippen molar-refractivity contribution in [1.82, 2.24) is 4.98 Å². The van der Waals surface area contributed by atoms with Crippen LogP contribution in [0, 0.1) is 11.6 Å². The lowest BCUT2D eigenvalue weighted by Gasteiger charge is -2.12. The summed E-state index contributed by atoms with van der Waals surface area (Å²) in [6.07, 6.45) is 3.18. The van der Waals surface area contributed by atoms with Crippen molar-refractivity contribution in [2.24, 2.45) is 5.73 Å². The number of benzene rings is 1. The number of aromatic nitrogens is 1. The fourth-order valence-electron chi connectivity index (χ4n) is 1.52. The number of rotatable bonds is 2. The summed E-state index contributed by atoms with van der Waals surface area (Å²) in [5.41, 5.74) is 7.06. The number of halogens is 2. The third-order valence-electron chi connectivity index (χ3n) is 2.31. The van der Waals surface area contributed by atoms with E-state index in [0.29, 0.717) is 5.56 Å². The smallest absolute Gasteiger partial charge is 0.126 e. The Hall–Kier alpha value is -1.81. The van der Waals surface area contributed by atoms with E-state index >= 15 is 0 Å². The van der Waals surface area contributed by atoms with Crippen LogP contribution < -0.4 is 5.73 Å². The number of nitrogens with zero attached hydrogens (tertiary/aromatic N) is 1. The first-order valence-corrected chi connectivity index (χ1v) is 4.78. The molecule has 1 heterocycles. The largest absolute Gasteiger partial charge is 0.320 e. The summed E-state index contributed by atoms with van der Waals surface area (Å²) in [5.74, 6) is -1.25. The highest BCUT2D eigenvalue weighted by atomic mass is 19.1. The lowest BCUT2D eigenvalue weighted by atomic mass is 10.0. The van der Waals surface area contributed by atoms with Crippen LogP contribution >= 0.6 is 0 Å². The quantitative estimate of drug-likeness (QED) is 0.844. The van der Waals surface area contributed by atoms with Gasteiger partial charge in [-0.1, -0.05) is 0 Å². The van der Waals surface area contributed by atoms with Crippen LogP contribution in [0.2, 0.25) is 0 Å². The van der Waals surface area contributed by atoms with Gasteiger partial charge in [0, 0.05) is 18.5 Å². The van der Waals surface area contributed by atoms with Crippen LogP contribution in [-0.4, -0.2) is 4.98 Å². The molecule has 82 valence electrons. The normalized spacial score (nSPS) is 12.4. The van der Waals surface area contributed by atoms with Crippen LogP contribution in [0.15, 0.2) is 42.7 Å². The van der Waals surface area contributed by atoms with Gasteiger partial charge in [-0.25, -0.2) is 8.78 Å². The van der Waals surface area contributed by atoms with E-state index < -0.39 is 17.7 Å². The van der Waals surface area contributed by atoms with Gasteiger partial charge in [-0.2, -0.15) is 0 Å². The first-order valence-electron chi connectivity index (χ1n) is 4.78. The Morgan fingerprint density at radius 2 is 1.50 bits per heavy atom. The molecule has 0 aliphatic carbocycles. The summed E-state index contributed by atoms with van der Waals surface area (Å²) in [4.78, 5) is 3.85. The molecular formula is C12H10F2N2. The van der Waals surface area contributed by atoms with E-state index in [1.54, 1.807) is 24.5 Å². The number of hydrogen-bond donors (Lipinski definition) is 1. The second kappa shape index (κ2) is 4.37. The van der Waals surface area contributed by atoms with E-state index in [4.69, 9.17) is 5.73 Å². The zero-order chi connectivity index (χ0) is 11.5. The topological polar surface area (TPSA) is 38.9 Å². The highest BCUT2D eigenvalue weighted by Crippen LogP contribution is 2.20. The summed E-state index contributed by atoms with van der Waals surface area (Å²) in [6, 6.07) is 6.17. The third-order valence-corrected chi connectivity index (χ3v) is 2.31. The molecule has 2 aromatic rings. The van der Waals surface area contributed by atoms with Gasteiger partial charge in [0.1, 0.15) is 11.6 Å². The van der Waals surface area contributed by atoms with Gasteiger partial charge in [0.15, 0.2) is 0 Å². The van der Waals surface area contributed by atoms with Gasteiger partial charge in [0.2, 0.25) is 0 Å². The van der Waals surface area contributed by atoms with Crippen molar-refractivity contribution >= 4 is 0 Å². The Balaban J connectivity index is 2.37. The van der Waals surface area contributed by atoms with Crippen LogP contribution in [0.5, 0.6) is 0 Å². The maximum absolute atomic E-state index is 13.0. The minimum Gasteiger partial charge on any atom is -0.320 e. The van der Waals surface area contributed by atoms with E-state index in [1.807, 2.05) is 0 Å². The van der Waals surface area contributed by atoms with Crippen LogP contribution in [0.1, 0.15) is 17.2 Å².